The molecule has 1 aliphatic carbocycles. The Balaban J connectivity index is 2.36. The number of aliphatic hydroxyl groups excluding tert-OH is 5. The molecular weight excluding hydrogens is 836 g/mol. The standard InChI is InChI=1S/C51H89O12P/c1-3-5-7-9-11-13-15-17-19-20-21-22-23-24-25-26-27-28-30-32-34-36-38-40-45(52)62-44(42-60-41-39-37-35-33-31-29-18-16-14-12-10-8-6-4-2)43-61-64(58,59)63-51-49(56)47(54)46(53)48(55)50(51)57/h5,7,11,13-14,16-17,19,21-22,24-25,44,46-51,53-57H,3-4,6,8-10,12,15,18,20,23,26-43H2,1-2H3,(H,58,59)/b7-5-,13-11-,16-14-,19-17-,22-21-,25-24-. The molecule has 370 valence electrons. The van der Waals surface area contributed by atoms with Gasteiger partial charge in [0.05, 0.1) is 13.2 Å². The summed E-state index contributed by atoms with van der Waals surface area (Å²) >= 11 is 0. The van der Waals surface area contributed by atoms with Gasteiger partial charge in [-0.05, 0) is 83.5 Å². The molecule has 6 unspecified atom stereocenters. The third kappa shape index (κ3) is 32.5. The van der Waals surface area contributed by atoms with Crippen LogP contribution in [0.5, 0.6) is 0 Å². The lowest BCUT2D eigenvalue weighted by Gasteiger charge is -2.41. The van der Waals surface area contributed by atoms with E-state index in [0.717, 1.165) is 109 Å². The molecule has 0 heterocycles. The van der Waals surface area contributed by atoms with Crippen molar-refractivity contribution in [2.45, 2.75) is 224 Å². The smallest absolute Gasteiger partial charge is 0.457 e. The summed E-state index contributed by atoms with van der Waals surface area (Å²) in [7, 11) is -5.03. The van der Waals surface area contributed by atoms with Crippen molar-refractivity contribution in [1.82, 2.24) is 0 Å². The molecule has 13 heteroatoms. The van der Waals surface area contributed by atoms with Crippen molar-refractivity contribution in [3.05, 3.63) is 72.9 Å². The highest BCUT2D eigenvalue weighted by molar-refractivity contribution is 7.47. The number of carbonyl (C=O) groups excluding carboxylic acids is 1. The molecule has 0 spiro atoms. The van der Waals surface area contributed by atoms with Crippen LogP contribution in [-0.2, 0) is 27.9 Å². The maximum Gasteiger partial charge on any atom is 0.472 e. The van der Waals surface area contributed by atoms with E-state index in [4.69, 9.17) is 18.5 Å². The van der Waals surface area contributed by atoms with Crippen molar-refractivity contribution >= 4 is 13.8 Å². The van der Waals surface area contributed by atoms with Crippen LogP contribution in [0.4, 0.5) is 0 Å². The van der Waals surface area contributed by atoms with E-state index in [1.807, 2.05) is 0 Å². The zero-order valence-electron chi connectivity index (χ0n) is 39.6. The Morgan fingerprint density at radius 2 is 0.922 bits per heavy atom. The molecule has 0 radical (unpaired) electrons. The van der Waals surface area contributed by atoms with Crippen LogP contribution >= 0.6 is 7.82 Å². The van der Waals surface area contributed by atoms with E-state index >= 15 is 0 Å². The second-order valence-electron chi connectivity index (χ2n) is 16.9. The number of rotatable bonds is 41. The number of aliphatic hydroxyl groups is 5. The zero-order valence-corrected chi connectivity index (χ0v) is 40.5. The number of unbranched alkanes of at least 4 members (excludes halogenated alkanes) is 17. The van der Waals surface area contributed by atoms with Gasteiger partial charge in [-0.1, -0.05) is 164 Å². The Labute approximate surface area is 387 Å². The van der Waals surface area contributed by atoms with Gasteiger partial charge in [0.25, 0.3) is 0 Å². The molecule has 6 atom stereocenters. The van der Waals surface area contributed by atoms with Crippen LogP contribution in [0.3, 0.4) is 0 Å². The van der Waals surface area contributed by atoms with Crippen molar-refractivity contribution < 1.29 is 58.3 Å². The minimum atomic E-state index is -5.03. The third-order valence-electron chi connectivity index (χ3n) is 11.1. The van der Waals surface area contributed by atoms with Gasteiger partial charge < -0.3 is 39.9 Å². The average molecular weight is 925 g/mol. The first-order valence-corrected chi connectivity index (χ1v) is 26.3. The maximum absolute atomic E-state index is 12.8. The summed E-state index contributed by atoms with van der Waals surface area (Å²) in [5.74, 6) is -0.493. The molecule has 1 fully saturated rings. The van der Waals surface area contributed by atoms with Crippen molar-refractivity contribution in [3.8, 4) is 0 Å². The number of ether oxygens (including phenoxy) is 2. The molecule has 12 nitrogen and oxygen atoms in total. The van der Waals surface area contributed by atoms with Crippen LogP contribution in [0.25, 0.3) is 0 Å². The molecule has 0 aliphatic heterocycles. The van der Waals surface area contributed by atoms with Crippen molar-refractivity contribution in [2.75, 3.05) is 19.8 Å². The quantitative estimate of drug-likeness (QED) is 0.0147. The first-order chi connectivity index (χ1) is 31.0. The van der Waals surface area contributed by atoms with E-state index in [1.165, 1.54) is 44.9 Å². The Bertz CT molecular complexity index is 1330. The van der Waals surface area contributed by atoms with Gasteiger partial charge in [0, 0.05) is 13.0 Å². The molecule has 1 saturated carbocycles. The fraction of sp³-hybridized carbons (Fsp3) is 0.745. The first kappa shape index (κ1) is 59.8. The summed E-state index contributed by atoms with van der Waals surface area (Å²) in [5.41, 5.74) is 0. The molecule has 1 aliphatic rings. The summed E-state index contributed by atoms with van der Waals surface area (Å²) in [6.07, 6.45) is 41.0. The zero-order chi connectivity index (χ0) is 46.9. The van der Waals surface area contributed by atoms with Gasteiger partial charge >= 0.3 is 13.8 Å². The molecular formula is C51H89O12P. The third-order valence-corrected chi connectivity index (χ3v) is 12.0. The highest BCUT2D eigenvalue weighted by atomic mass is 31.2. The lowest BCUT2D eigenvalue weighted by molar-refractivity contribution is -0.220. The average Bonchev–Trinajstić information content (AvgIpc) is 3.28. The summed E-state index contributed by atoms with van der Waals surface area (Å²) < 4.78 is 34.2. The molecule has 1 rings (SSSR count). The van der Waals surface area contributed by atoms with Gasteiger partial charge in [-0.2, -0.15) is 0 Å². The van der Waals surface area contributed by atoms with Crippen LogP contribution in [0.15, 0.2) is 72.9 Å². The molecule has 0 bridgehead atoms. The number of carbonyl (C=O) groups is 1. The van der Waals surface area contributed by atoms with Crippen LogP contribution in [0.1, 0.15) is 181 Å². The molecule has 0 aromatic carbocycles. The van der Waals surface area contributed by atoms with E-state index in [1.54, 1.807) is 0 Å². The van der Waals surface area contributed by atoms with Gasteiger partial charge in [0.15, 0.2) is 0 Å². The number of esters is 1. The predicted octanol–water partition coefficient (Wildman–Crippen LogP) is 10.8. The Hall–Kier alpha value is -2.22. The number of allylic oxidation sites excluding steroid dienone is 12. The fourth-order valence-corrected chi connectivity index (χ4v) is 8.11. The van der Waals surface area contributed by atoms with Crippen LogP contribution < -0.4 is 0 Å². The summed E-state index contributed by atoms with van der Waals surface area (Å²) in [6.45, 7) is 4.10. The number of hydrogen-bond acceptors (Lipinski definition) is 11. The number of hydrogen-bond donors (Lipinski definition) is 6. The molecule has 6 N–H and O–H groups in total. The summed E-state index contributed by atoms with van der Waals surface area (Å²) in [5, 5.41) is 50.2. The van der Waals surface area contributed by atoms with E-state index in [2.05, 4.69) is 86.8 Å². The van der Waals surface area contributed by atoms with Crippen molar-refractivity contribution in [3.63, 3.8) is 0 Å². The fourth-order valence-electron chi connectivity index (χ4n) is 7.14. The highest BCUT2D eigenvalue weighted by Crippen LogP contribution is 2.47. The molecule has 64 heavy (non-hydrogen) atoms. The molecule has 0 saturated heterocycles. The first-order valence-electron chi connectivity index (χ1n) is 24.8. The highest BCUT2D eigenvalue weighted by Gasteiger charge is 2.51. The van der Waals surface area contributed by atoms with Gasteiger partial charge in [-0.25, -0.2) is 4.57 Å². The normalized spacial score (nSPS) is 22.3. The van der Waals surface area contributed by atoms with E-state index in [9.17, 15) is 39.8 Å². The largest absolute Gasteiger partial charge is 0.472 e. The van der Waals surface area contributed by atoms with Crippen molar-refractivity contribution in [1.29, 1.82) is 0 Å². The Kier molecular flexibility index (Phi) is 38.3. The predicted molar refractivity (Wildman–Crippen MR) is 258 cm³/mol. The molecule has 0 amide bonds. The van der Waals surface area contributed by atoms with Crippen LogP contribution in [-0.4, -0.2) is 98.9 Å². The lowest BCUT2D eigenvalue weighted by atomic mass is 9.85. The van der Waals surface area contributed by atoms with E-state index in [0.29, 0.717) is 13.0 Å². The van der Waals surface area contributed by atoms with Crippen LogP contribution in [0, 0.1) is 0 Å². The van der Waals surface area contributed by atoms with Gasteiger partial charge in [0.1, 0.15) is 42.7 Å². The maximum atomic E-state index is 12.8. The minimum absolute atomic E-state index is 0.0888. The topological polar surface area (TPSA) is 192 Å². The Morgan fingerprint density at radius 1 is 0.516 bits per heavy atom. The Morgan fingerprint density at radius 3 is 1.42 bits per heavy atom. The summed E-state index contributed by atoms with van der Waals surface area (Å²) in [4.78, 5) is 23.2. The number of phosphoric acid groups is 1. The van der Waals surface area contributed by atoms with Crippen molar-refractivity contribution in [2.24, 2.45) is 0 Å². The van der Waals surface area contributed by atoms with Crippen LogP contribution in [0.2, 0.25) is 0 Å². The lowest BCUT2D eigenvalue weighted by Crippen LogP contribution is -2.64. The van der Waals surface area contributed by atoms with Gasteiger partial charge in [-0.3, -0.25) is 13.8 Å². The minimum Gasteiger partial charge on any atom is -0.457 e. The van der Waals surface area contributed by atoms with Gasteiger partial charge in [0.2, 0.25) is 0 Å². The van der Waals surface area contributed by atoms with E-state index < -0.39 is 63.1 Å². The molecule has 0 aromatic heterocycles. The monoisotopic (exact) mass is 925 g/mol. The second-order valence-corrected chi connectivity index (χ2v) is 18.3. The van der Waals surface area contributed by atoms with E-state index in [-0.39, 0.29) is 13.0 Å². The number of phosphoric ester groups is 1. The van der Waals surface area contributed by atoms with Gasteiger partial charge in [-0.15, -0.1) is 0 Å². The second kappa shape index (κ2) is 41.0. The molecule has 0 aromatic rings. The summed E-state index contributed by atoms with van der Waals surface area (Å²) in [6, 6.07) is 0. The SMILES string of the molecule is CC/C=C\C/C=C\C/C=C\C/C=C\C/C=C\CCCCCCCCCC(=O)OC(COCCCCCCCC/C=C\CCCCCC)COP(=O)(O)OC1C(O)C(O)C(O)C(O)C1O.